The van der Waals surface area contributed by atoms with Gasteiger partial charge in [0.1, 0.15) is 24.7 Å². The Bertz CT molecular complexity index is 579. The summed E-state index contributed by atoms with van der Waals surface area (Å²) in [4.78, 5) is 34.1. The highest BCUT2D eigenvalue weighted by atomic mass is 16.4. The Hall–Kier alpha value is -2.52. The number of aliphatic carboxylic acids is 3. The number of hydrogen-bond donors (Lipinski definition) is 8. The summed E-state index contributed by atoms with van der Waals surface area (Å²) in [6.07, 6.45) is 2.03. The van der Waals surface area contributed by atoms with Crippen LogP contribution in [0.25, 0.3) is 0 Å². The lowest BCUT2D eigenvalue weighted by molar-refractivity contribution is -0.873. The molecule has 14 heteroatoms. The first-order valence-corrected chi connectivity index (χ1v) is 10.4. The van der Waals surface area contributed by atoms with Gasteiger partial charge in [0, 0.05) is 18.9 Å². The van der Waals surface area contributed by atoms with Gasteiger partial charge in [0.2, 0.25) is 0 Å². The Morgan fingerprint density at radius 3 is 1.73 bits per heavy atom. The third kappa shape index (κ3) is 31.7. The number of aliphatic imine (C=N–C) groups is 1. The Morgan fingerprint density at radius 2 is 1.39 bits per heavy atom. The van der Waals surface area contributed by atoms with Gasteiger partial charge in [0.15, 0.2) is 5.96 Å². The lowest BCUT2D eigenvalue weighted by Crippen LogP contribution is -2.43. The van der Waals surface area contributed by atoms with Gasteiger partial charge < -0.3 is 58.4 Å². The minimum Gasteiger partial charge on any atom is -0.550 e. The predicted octanol–water partition coefficient (Wildman–Crippen LogP) is -3.83. The van der Waals surface area contributed by atoms with E-state index in [0.717, 1.165) is 12.8 Å². The van der Waals surface area contributed by atoms with Crippen LogP contribution in [0.5, 0.6) is 0 Å². The topological polar surface area (TPSA) is 277 Å². The summed E-state index contributed by atoms with van der Waals surface area (Å²) in [6.45, 7) is 1.45. The highest BCUT2D eigenvalue weighted by molar-refractivity contribution is 5.75. The molecule has 0 rings (SSSR count). The van der Waals surface area contributed by atoms with Crippen molar-refractivity contribution in [1.82, 2.24) is 0 Å². The third-order valence-corrected chi connectivity index (χ3v) is 3.73. The maximum atomic E-state index is 10.2. The number of nitrogens with zero attached hydrogens (tertiary/aromatic N) is 2. The van der Waals surface area contributed by atoms with Crippen LogP contribution in [-0.4, -0.2) is 103 Å². The number of carbonyl (C=O) groups is 3. The first-order valence-electron chi connectivity index (χ1n) is 10.4. The molecular formula is C19H43N7O7. The lowest BCUT2D eigenvalue weighted by Gasteiger charge is -2.26. The van der Waals surface area contributed by atoms with E-state index >= 15 is 0 Å². The zero-order valence-corrected chi connectivity index (χ0v) is 19.9. The standard InChI is InChI=1S/C7H15NO3.C6H14N4O2.C6H14N2O2/c1-8(2,3)5-6(9)4-7(10)11;7-4(5(11)12)2-1-3-10-6(8)9;7-4-2-1-3-5(8)6(9)10/h6,9H,4-5H2,1-3H3;4H,1-3,7H2,(H,11,12)(H4,8,9,10);5H,1-4,7-8H2,(H,9,10)/t6-;4-;5-/m100/s1. The second kappa shape index (κ2) is 20.1. The second-order valence-corrected chi connectivity index (χ2v) is 8.33. The van der Waals surface area contributed by atoms with Crippen molar-refractivity contribution in [3.8, 4) is 0 Å². The maximum Gasteiger partial charge on any atom is 0.320 e. The largest absolute Gasteiger partial charge is 0.550 e. The van der Waals surface area contributed by atoms with Gasteiger partial charge in [0.25, 0.3) is 0 Å². The molecule has 0 radical (unpaired) electrons. The number of quaternary nitrogens is 1. The SMILES string of the molecule is C[N+](C)(C)C[C@H](O)CC(=O)[O-].NC(N)=NCCC[C@H](N)C(=O)O.NCCCC[C@H](N)C(=O)O. The van der Waals surface area contributed by atoms with Crippen LogP contribution >= 0.6 is 0 Å². The van der Waals surface area contributed by atoms with Crippen LogP contribution in [0.1, 0.15) is 38.5 Å². The molecule has 0 spiro atoms. The fraction of sp³-hybridized carbons (Fsp3) is 0.789. The number of carboxylic acids is 3. The van der Waals surface area contributed by atoms with Gasteiger partial charge >= 0.3 is 11.9 Å². The summed E-state index contributed by atoms with van der Waals surface area (Å²) in [5.74, 6) is -3.12. The van der Waals surface area contributed by atoms with E-state index in [4.69, 9.17) is 44.0 Å². The number of aliphatic hydroxyl groups excluding tert-OH is 1. The van der Waals surface area contributed by atoms with Crippen LogP contribution in [-0.2, 0) is 14.4 Å². The average Bonchev–Trinajstić information content (AvgIpc) is 2.63. The molecule has 0 aliphatic carbocycles. The number of aliphatic hydroxyl groups is 1. The van der Waals surface area contributed by atoms with Crippen molar-refractivity contribution in [3.05, 3.63) is 0 Å². The molecule has 13 N–H and O–H groups in total. The van der Waals surface area contributed by atoms with E-state index in [9.17, 15) is 19.5 Å². The van der Waals surface area contributed by atoms with Crippen molar-refractivity contribution in [2.75, 3.05) is 40.8 Å². The molecule has 0 aliphatic heterocycles. The van der Waals surface area contributed by atoms with Gasteiger partial charge in [-0.15, -0.1) is 0 Å². The van der Waals surface area contributed by atoms with Crippen LogP contribution < -0.4 is 33.8 Å². The zero-order valence-electron chi connectivity index (χ0n) is 19.9. The van der Waals surface area contributed by atoms with Crippen molar-refractivity contribution < 1.29 is 39.3 Å². The van der Waals surface area contributed by atoms with Crippen LogP contribution in [0.4, 0.5) is 0 Å². The monoisotopic (exact) mass is 481 g/mol. The molecule has 0 saturated carbocycles. The molecule has 0 aromatic heterocycles. The molecule has 0 aromatic carbocycles. The first-order chi connectivity index (χ1) is 15.0. The summed E-state index contributed by atoms with van der Waals surface area (Å²) < 4.78 is 0.550. The number of carbonyl (C=O) groups excluding carboxylic acids is 1. The Morgan fingerprint density at radius 1 is 0.939 bits per heavy atom. The molecule has 196 valence electrons. The van der Waals surface area contributed by atoms with Gasteiger partial charge in [-0.05, 0) is 32.2 Å². The van der Waals surface area contributed by atoms with Crippen molar-refractivity contribution in [2.24, 2.45) is 33.7 Å². The zero-order chi connectivity index (χ0) is 26.6. The van der Waals surface area contributed by atoms with Gasteiger partial charge in [-0.3, -0.25) is 14.6 Å². The van der Waals surface area contributed by atoms with E-state index in [1.54, 1.807) is 0 Å². The van der Waals surface area contributed by atoms with E-state index in [0.29, 0.717) is 43.4 Å². The second-order valence-electron chi connectivity index (χ2n) is 8.33. The molecule has 0 amide bonds. The molecule has 0 fully saturated rings. The number of likely N-dealkylation sites (N-methyl/N-ethyl adjacent to an activating group) is 1. The van der Waals surface area contributed by atoms with E-state index in [2.05, 4.69) is 4.99 Å². The highest BCUT2D eigenvalue weighted by Crippen LogP contribution is 1.98. The van der Waals surface area contributed by atoms with E-state index in [1.165, 1.54) is 0 Å². The Balaban J connectivity index is -0.000000411. The fourth-order valence-corrected chi connectivity index (χ4v) is 2.16. The predicted molar refractivity (Wildman–Crippen MR) is 123 cm³/mol. The van der Waals surface area contributed by atoms with Crippen molar-refractivity contribution in [1.29, 1.82) is 0 Å². The molecule has 33 heavy (non-hydrogen) atoms. The molecule has 0 saturated heterocycles. The highest BCUT2D eigenvalue weighted by Gasteiger charge is 2.15. The molecule has 0 aliphatic rings. The Labute approximate surface area is 195 Å². The maximum absolute atomic E-state index is 10.2. The summed E-state index contributed by atoms with van der Waals surface area (Å²) in [5.41, 5.74) is 25.7. The van der Waals surface area contributed by atoms with E-state index < -0.39 is 36.1 Å². The van der Waals surface area contributed by atoms with Crippen molar-refractivity contribution in [3.63, 3.8) is 0 Å². The van der Waals surface area contributed by atoms with Gasteiger partial charge in [0.05, 0.1) is 21.1 Å². The number of rotatable bonds is 14. The molecule has 0 unspecified atom stereocenters. The Kier molecular flexibility index (Phi) is 21.4. The lowest BCUT2D eigenvalue weighted by atomic mass is 10.1. The number of hydrogen-bond acceptors (Lipinski definition) is 9. The molecule has 0 heterocycles. The minimum atomic E-state index is -1.20. The van der Waals surface area contributed by atoms with Crippen molar-refractivity contribution >= 4 is 23.9 Å². The quantitative estimate of drug-likeness (QED) is 0.0512. The smallest absolute Gasteiger partial charge is 0.320 e. The summed E-state index contributed by atoms with van der Waals surface area (Å²) >= 11 is 0. The summed E-state index contributed by atoms with van der Waals surface area (Å²) in [7, 11) is 5.66. The fourth-order valence-electron chi connectivity index (χ4n) is 2.16. The molecule has 3 atom stereocenters. The van der Waals surface area contributed by atoms with E-state index in [-0.39, 0.29) is 12.4 Å². The molecular weight excluding hydrogens is 438 g/mol. The molecule has 0 bridgehead atoms. The summed E-state index contributed by atoms with van der Waals surface area (Å²) in [5, 5.41) is 35.8. The van der Waals surface area contributed by atoms with Crippen LogP contribution in [0.3, 0.4) is 0 Å². The average molecular weight is 482 g/mol. The number of unbranched alkanes of at least 4 members (excludes halogenated alkanes) is 1. The number of guanidine groups is 1. The number of carboxylic acid groups (broad SMARTS) is 3. The minimum absolute atomic E-state index is 0.0129. The van der Waals surface area contributed by atoms with Crippen LogP contribution in [0.15, 0.2) is 4.99 Å². The van der Waals surface area contributed by atoms with Gasteiger partial charge in [-0.25, -0.2) is 0 Å². The molecule has 0 aromatic rings. The van der Waals surface area contributed by atoms with Gasteiger partial charge in [-0.1, -0.05) is 6.42 Å². The van der Waals surface area contributed by atoms with E-state index in [1.807, 2.05) is 21.1 Å². The van der Waals surface area contributed by atoms with Crippen LogP contribution in [0, 0.1) is 0 Å². The number of nitrogens with two attached hydrogens (primary N) is 5. The summed E-state index contributed by atoms with van der Waals surface area (Å²) in [6, 6.07) is -1.54. The first kappa shape index (κ1) is 35.1. The van der Waals surface area contributed by atoms with Crippen molar-refractivity contribution in [2.45, 2.75) is 56.7 Å². The van der Waals surface area contributed by atoms with Gasteiger partial charge in [-0.2, -0.15) is 0 Å². The van der Waals surface area contributed by atoms with Crippen LogP contribution in [0.2, 0.25) is 0 Å². The molecule has 14 nitrogen and oxygen atoms in total. The third-order valence-electron chi connectivity index (χ3n) is 3.73. The normalized spacial score (nSPS) is 13.2.